The Morgan fingerprint density at radius 1 is 1.29 bits per heavy atom. The minimum atomic E-state index is -0.739. The van der Waals surface area contributed by atoms with Crippen LogP contribution in [0.25, 0.3) is 0 Å². The summed E-state index contributed by atoms with van der Waals surface area (Å²) in [7, 11) is 1.60. The van der Waals surface area contributed by atoms with Gasteiger partial charge in [-0.25, -0.2) is 4.79 Å². The van der Waals surface area contributed by atoms with E-state index in [4.69, 9.17) is 4.74 Å². The molecule has 1 aromatic carbocycles. The first-order valence-corrected chi connectivity index (χ1v) is 8.52. The normalized spacial score (nSPS) is 29.0. The zero-order chi connectivity index (χ0) is 17.5. The van der Waals surface area contributed by atoms with Crippen molar-refractivity contribution in [2.24, 2.45) is 11.3 Å². The molecule has 3 rings (SSSR count). The van der Waals surface area contributed by atoms with Gasteiger partial charge in [-0.05, 0) is 48.3 Å². The number of urea groups is 1. The van der Waals surface area contributed by atoms with E-state index in [1.165, 1.54) is 4.90 Å². The van der Waals surface area contributed by atoms with E-state index in [1.54, 1.807) is 7.11 Å². The number of benzene rings is 1. The molecule has 3 amide bonds. The van der Waals surface area contributed by atoms with Gasteiger partial charge in [0.1, 0.15) is 11.3 Å². The van der Waals surface area contributed by atoms with Crippen molar-refractivity contribution >= 4 is 11.9 Å². The Hall–Kier alpha value is -2.04. The Morgan fingerprint density at radius 2 is 2.04 bits per heavy atom. The fourth-order valence-electron chi connectivity index (χ4n) is 4.60. The van der Waals surface area contributed by atoms with Crippen molar-refractivity contribution in [3.05, 3.63) is 29.8 Å². The third kappa shape index (κ3) is 2.99. The Morgan fingerprint density at radius 3 is 2.71 bits per heavy atom. The summed E-state index contributed by atoms with van der Waals surface area (Å²) in [5, 5.41) is 3.01. The lowest BCUT2D eigenvalue weighted by molar-refractivity contribution is -0.135. The molecule has 24 heavy (non-hydrogen) atoms. The van der Waals surface area contributed by atoms with Crippen LogP contribution in [0.5, 0.6) is 5.75 Å². The molecule has 1 N–H and O–H groups in total. The fraction of sp³-hybridized carbons (Fsp3) is 0.579. The lowest BCUT2D eigenvalue weighted by Crippen LogP contribution is -2.54. The first-order chi connectivity index (χ1) is 11.2. The minimum Gasteiger partial charge on any atom is -0.497 e. The van der Waals surface area contributed by atoms with Crippen molar-refractivity contribution in [2.45, 2.75) is 52.1 Å². The van der Waals surface area contributed by atoms with Crippen molar-refractivity contribution in [1.82, 2.24) is 10.2 Å². The summed E-state index contributed by atoms with van der Waals surface area (Å²) < 4.78 is 5.22. The molecule has 1 aliphatic heterocycles. The number of hydrogen-bond donors (Lipinski definition) is 1. The van der Waals surface area contributed by atoms with Crippen LogP contribution in [0.4, 0.5) is 4.79 Å². The van der Waals surface area contributed by atoms with Crippen LogP contribution in [0.15, 0.2) is 24.3 Å². The third-order valence-electron chi connectivity index (χ3n) is 5.10. The largest absolute Gasteiger partial charge is 0.497 e. The standard InChI is InChI=1S/C19H26N2O3/c1-13-9-18(2,3)12-19(10-13)16(22)21(17(23)20-19)11-14-6-5-7-15(8-14)24-4/h5-8,13H,9-12H2,1-4H3,(H,20,23)/t13-,19-/m0/s1. The molecule has 2 atom stereocenters. The molecule has 0 bridgehead atoms. The predicted molar refractivity (Wildman–Crippen MR) is 91.6 cm³/mol. The zero-order valence-corrected chi connectivity index (χ0v) is 14.9. The zero-order valence-electron chi connectivity index (χ0n) is 14.9. The average Bonchev–Trinajstić information content (AvgIpc) is 2.69. The van der Waals surface area contributed by atoms with Crippen molar-refractivity contribution in [2.75, 3.05) is 7.11 Å². The van der Waals surface area contributed by atoms with E-state index < -0.39 is 5.54 Å². The van der Waals surface area contributed by atoms with E-state index in [-0.39, 0.29) is 23.9 Å². The van der Waals surface area contributed by atoms with E-state index in [0.717, 1.165) is 24.2 Å². The second-order valence-corrected chi connectivity index (χ2v) is 8.11. The number of hydrogen-bond acceptors (Lipinski definition) is 3. The van der Waals surface area contributed by atoms with Gasteiger partial charge < -0.3 is 10.1 Å². The molecular weight excluding hydrogens is 304 g/mol. The van der Waals surface area contributed by atoms with Crippen LogP contribution in [0.1, 0.15) is 45.6 Å². The quantitative estimate of drug-likeness (QED) is 0.865. The molecule has 0 radical (unpaired) electrons. The highest BCUT2D eigenvalue weighted by Gasteiger charge is 2.55. The van der Waals surface area contributed by atoms with Gasteiger partial charge in [0.15, 0.2) is 0 Å². The van der Waals surface area contributed by atoms with E-state index in [0.29, 0.717) is 12.3 Å². The average molecular weight is 330 g/mol. The molecule has 0 unspecified atom stereocenters. The van der Waals surface area contributed by atoms with E-state index in [9.17, 15) is 9.59 Å². The molecule has 5 nitrogen and oxygen atoms in total. The van der Waals surface area contributed by atoms with Gasteiger partial charge in [0.05, 0.1) is 13.7 Å². The number of carbonyl (C=O) groups excluding carboxylic acids is 2. The highest BCUT2D eigenvalue weighted by Crippen LogP contribution is 2.46. The van der Waals surface area contributed by atoms with Crippen LogP contribution in [0.3, 0.4) is 0 Å². The van der Waals surface area contributed by atoms with Crippen LogP contribution in [-0.2, 0) is 11.3 Å². The van der Waals surface area contributed by atoms with E-state index in [2.05, 4.69) is 26.1 Å². The number of methoxy groups -OCH3 is 1. The highest BCUT2D eigenvalue weighted by molar-refractivity contribution is 6.07. The van der Waals surface area contributed by atoms with Crippen molar-refractivity contribution in [3.8, 4) is 5.75 Å². The maximum absolute atomic E-state index is 13.1. The second kappa shape index (κ2) is 5.80. The van der Waals surface area contributed by atoms with Crippen LogP contribution >= 0.6 is 0 Å². The lowest BCUT2D eigenvalue weighted by Gasteiger charge is -2.43. The highest BCUT2D eigenvalue weighted by atomic mass is 16.5. The van der Waals surface area contributed by atoms with Gasteiger partial charge in [-0.1, -0.05) is 32.9 Å². The molecule has 1 heterocycles. The molecular formula is C19H26N2O3. The number of nitrogens with one attached hydrogen (secondary N) is 1. The molecule has 5 heteroatoms. The van der Waals surface area contributed by atoms with Gasteiger partial charge in [-0.3, -0.25) is 9.69 Å². The van der Waals surface area contributed by atoms with Gasteiger partial charge >= 0.3 is 6.03 Å². The van der Waals surface area contributed by atoms with Crippen LogP contribution < -0.4 is 10.1 Å². The van der Waals surface area contributed by atoms with Crippen molar-refractivity contribution < 1.29 is 14.3 Å². The van der Waals surface area contributed by atoms with Crippen LogP contribution in [0.2, 0.25) is 0 Å². The number of rotatable bonds is 3. The Kier molecular flexibility index (Phi) is 4.06. The maximum atomic E-state index is 13.1. The summed E-state index contributed by atoms with van der Waals surface area (Å²) >= 11 is 0. The first-order valence-electron chi connectivity index (χ1n) is 8.52. The maximum Gasteiger partial charge on any atom is 0.325 e. The number of amides is 3. The summed E-state index contributed by atoms with van der Waals surface area (Å²) in [6, 6.07) is 7.20. The molecule has 1 saturated carbocycles. The summed E-state index contributed by atoms with van der Waals surface area (Å²) in [5.74, 6) is 1.05. The lowest BCUT2D eigenvalue weighted by atomic mass is 9.64. The number of imide groups is 1. The molecule has 2 fully saturated rings. The SMILES string of the molecule is COc1cccc(CN2C(=O)N[C@]3(C[C@@H](C)CC(C)(C)C3)C2=O)c1. The fourth-order valence-corrected chi connectivity index (χ4v) is 4.60. The van der Waals surface area contributed by atoms with Crippen molar-refractivity contribution in [1.29, 1.82) is 0 Å². The molecule has 1 aliphatic carbocycles. The number of ether oxygens (including phenoxy) is 1. The summed E-state index contributed by atoms with van der Waals surface area (Å²) in [6.07, 6.45) is 2.49. The molecule has 1 aromatic rings. The summed E-state index contributed by atoms with van der Waals surface area (Å²) in [6.45, 7) is 6.79. The van der Waals surface area contributed by atoms with Gasteiger partial charge in [-0.2, -0.15) is 0 Å². The molecule has 130 valence electrons. The monoisotopic (exact) mass is 330 g/mol. The van der Waals surface area contributed by atoms with Gasteiger partial charge in [0, 0.05) is 0 Å². The summed E-state index contributed by atoms with van der Waals surface area (Å²) in [4.78, 5) is 26.9. The van der Waals surface area contributed by atoms with E-state index in [1.807, 2.05) is 24.3 Å². The van der Waals surface area contributed by atoms with Gasteiger partial charge in [-0.15, -0.1) is 0 Å². The summed E-state index contributed by atoms with van der Waals surface area (Å²) in [5.41, 5.74) is 0.196. The minimum absolute atomic E-state index is 0.0482. The topological polar surface area (TPSA) is 58.6 Å². The second-order valence-electron chi connectivity index (χ2n) is 8.11. The Balaban J connectivity index is 1.84. The number of carbonyl (C=O) groups is 2. The smallest absolute Gasteiger partial charge is 0.325 e. The third-order valence-corrected chi connectivity index (χ3v) is 5.10. The molecule has 1 spiro atoms. The van der Waals surface area contributed by atoms with Gasteiger partial charge in [0.2, 0.25) is 0 Å². The van der Waals surface area contributed by atoms with Crippen LogP contribution in [0, 0.1) is 11.3 Å². The molecule has 1 saturated heterocycles. The van der Waals surface area contributed by atoms with E-state index >= 15 is 0 Å². The molecule has 2 aliphatic rings. The van der Waals surface area contributed by atoms with Crippen LogP contribution in [-0.4, -0.2) is 29.5 Å². The van der Waals surface area contributed by atoms with Gasteiger partial charge in [0.25, 0.3) is 5.91 Å². The molecule has 0 aromatic heterocycles. The van der Waals surface area contributed by atoms with Crippen molar-refractivity contribution in [3.63, 3.8) is 0 Å². The predicted octanol–water partition coefficient (Wildman–Crippen LogP) is 3.33. The first kappa shape index (κ1) is 16.8. The Labute approximate surface area is 143 Å². The number of nitrogens with zero attached hydrogens (tertiary/aromatic N) is 1. The Bertz CT molecular complexity index is 670.